The quantitative estimate of drug-likeness (QED) is 0.587. The molecule has 21 heavy (non-hydrogen) atoms. The Balaban J connectivity index is 2.41. The van der Waals surface area contributed by atoms with Crippen molar-refractivity contribution in [3.05, 3.63) is 29.3 Å². The minimum absolute atomic E-state index is 0.0271. The van der Waals surface area contributed by atoms with Crippen LogP contribution in [0.15, 0.2) is 23.1 Å². The van der Waals surface area contributed by atoms with Crippen LogP contribution in [0.1, 0.15) is 24.0 Å². The molecule has 0 aliphatic carbocycles. The van der Waals surface area contributed by atoms with Crippen LogP contribution in [0.3, 0.4) is 0 Å². The third-order valence-corrected chi connectivity index (χ3v) is 5.78. The van der Waals surface area contributed by atoms with Crippen LogP contribution >= 0.6 is 22.6 Å². The highest BCUT2D eigenvalue weighted by Crippen LogP contribution is 2.33. The van der Waals surface area contributed by atoms with Gasteiger partial charge in [-0.15, -0.1) is 0 Å². The molecule has 0 saturated heterocycles. The van der Waals surface area contributed by atoms with Crippen molar-refractivity contribution in [1.82, 2.24) is 4.72 Å². The van der Waals surface area contributed by atoms with Gasteiger partial charge < -0.3 is 0 Å². The fourth-order valence-electron chi connectivity index (χ4n) is 2.44. The molecule has 1 aliphatic rings. The summed E-state index contributed by atoms with van der Waals surface area (Å²) in [5.74, 6) is 0.0271. The molecule has 1 unspecified atom stereocenters. The lowest BCUT2D eigenvalue weighted by Gasteiger charge is -2.14. The minimum atomic E-state index is -4.46. The standard InChI is InChI=1S/C13H15F3INO2S/c14-13(15,16)11-3-4-12-10(7-11)6-9(2-1-5-17)8-18-21(12,19)20/h3-4,7,9,18H,1-2,5-6,8H2. The number of benzene rings is 1. The first-order chi connectivity index (χ1) is 9.74. The first kappa shape index (κ1) is 17.0. The predicted molar refractivity (Wildman–Crippen MR) is 81.9 cm³/mol. The molecular formula is C13H15F3INO2S. The lowest BCUT2D eigenvalue weighted by Crippen LogP contribution is -2.27. The van der Waals surface area contributed by atoms with Gasteiger partial charge in [0.2, 0.25) is 10.0 Å². The summed E-state index contributed by atoms with van der Waals surface area (Å²) in [5, 5.41) is 0. The molecule has 2 rings (SSSR count). The van der Waals surface area contributed by atoms with Gasteiger partial charge in [0.05, 0.1) is 10.5 Å². The number of sulfonamides is 1. The fourth-order valence-corrected chi connectivity index (χ4v) is 4.22. The molecule has 8 heteroatoms. The Morgan fingerprint density at radius 2 is 2.05 bits per heavy atom. The summed E-state index contributed by atoms with van der Waals surface area (Å²) in [4.78, 5) is -0.0347. The van der Waals surface area contributed by atoms with Gasteiger partial charge in [-0.3, -0.25) is 0 Å². The maximum absolute atomic E-state index is 12.8. The third-order valence-electron chi connectivity index (χ3n) is 3.49. The van der Waals surface area contributed by atoms with Gasteiger partial charge in [-0.1, -0.05) is 22.6 Å². The van der Waals surface area contributed by atoms with E-state index in [0.29, 0.717) is 6.42 Å². The molecule has 0 bridgehead atoms. The number of hydrogen-bond donors (Lipinski definition) is 1. The second kappa shape index (κ2) is 6.41. The highest BCUT2D eigenvalue weighted by molar-refractivity contribution is 14.1. The summed E-state index contributed by atoms with van der Waals surface area (Å²) in [6.07, 6.45) is -2.40. The zero-order valence-corrected chi connectivity index (χ0v) is 14.1. The van der Waals surface area contributed by atoms with E-state index in [1.165, 1.54) is 0 Å². The molecule has 1 N–H and O–H groups in total. The molecule has 3 nitrogen and oxygen atoms in total. The minimum Gasteiger partial charge on any atom is -0.211 e. The number of nitrogens with one attached hydrogen (secondary N) is 1. The SMILES string of the molecule is O=S1(=O)NCC(CCCI)Cc2cc(C(F)(F)F)ccc21. The maximum atomic E-state index is 12.8. The summed E-state index contributed by atoms with van der Waals surface area (Å²) in [5.41, 5.74) is -0.542. The Bertz CT molecular complexity index is 616. The Kier molecular flexibility index (Phi) is 5.19. The molecule has 0 radical (unpaired) electrons. The van der Waals surface area contributed by atoms with Gasteiger partial charge in [-0.25, -0.2) is 13.1 Å². The van der Waals surface area contributed by atoms with Gasteiger partial charge in [-0.2, -0.15) is 13.2 Å². The van der Waals surface area contributed by atoms with Crippen molar-refractivity contribution in [2.45, 2.75) is 30.3 Å². The van der Waals surface area contributed by atoms with Gasteiger partial charge in [0.15, 0.2) is 0 Å². The largest absolute Gasteiger partial charge is 0.416 e. The maximum Gasteiger partial charge on any atom is 0.416 e. The number of alkyl halides is 4. The lowest BCUT2D eigenvalue weighted by molar-refractivity contribution is -0.137. The van der Waals surface area contributed by atoms with Crippen LogP contribution in [-0.2, 0) is 22.6 Å². The van der Waals surface area contributed by atoms with E-state index >= 15 is 0 Å². The molecule has 0 fully saturated rings. The van der Waals surface area contributed by atoms with Gasteiger partial charge in [0.25, 0.3) is 0 Å². The van der Waals surface area contributed by atoms with Crippen molar-refractivity contribution in [3.8, 4) is 0 Å². The lowest BCUT2D eigenvalue weighted by atomic mass is 9.94. The van der Waals surface area contributed by atoms with E-state index in [-0.39, 0.29) is 22.9 Å². The number of fused-ring (bicyclic) bond motifs is 1. The van der Waals surface area contributed by atoms with Crippen molar-refractivity contribution in [3.63, 3.8) is 0 Å². The second-order valence-electron chi connectivity index (χ2n) is 5.07. The van der Waals surface area contributed by atoms with Crippen molar-refractivity contribution in [2.24, 2.45) is 5.92 Å². The van der Waals surface area contributed by atoms with Crippen LogP contribution in [0.5, 0.6) is 0 Å². The van der Waals surface area contributed by atoms with Crippen LogP contribution < -0.4 is 4.72 Å². The first-order valence-electron chi connectivity index (χ1n) is 6.50. The van der Waals surface area contributed by atoms with E-state index < -0.39 is 21.8 Å². The molecule has 118 valence electrons. The van der Waals surface area contributed by atoms with Crippen molar-refractivity contribution in [1.29, 1.82) is 0 Å². The molecule has 0 saturated carbocycles. The molecule has 0 spiro atoms. The van der Waals surface area contributed by atoms with E-state index in [1.807, 2.05) is 0 Å². The average Bonchev–Trinajstić information content (AvgIpc) is 2.52. The van der Waals surface area contributed by atoms with E-state index in [1.54, 1.807) is 0 Å². The van der Waals surface area contributed by atoms with E-state index in [2.05, 4.69) is 27.3 Å². The van der Waals surface area contributed by atoms with Crippen LogP contribution in [-0.4, -0.2) is 19.4 Å². The second-order valence-corrected chi connectivity index (χ2v) is 7.89. The fraction of sp³-hybridized carbons (Fsp3) is 0.538. The zero-order chi connectivity index (χ0) is 15.7. The summed E-state index contributed by atoms with van der Waals surface area (Å²) in [6, 6.07) is 2.85. The molecular weight excluding hydrogens is 418 g/mol. The Morgan fingerprint density at radius 1 is 1.33 bits per heavy atom. The smallest absolute Gasteiger partial charge is 0.211 e. The number of hydrogen-bond acceptors (Lipinski definition) is 2. The monoisotopic (exact) mass is 433 g/mol. The summed E-state index contributed by atoms with van der Waals surface area (Å²) >= 11 is 2.23. The zero-order valence-electron chi connectivity index (χ0n) is 11.1. The van der Waals surface area contributed by atoms with Gasteiger partial charge in [0, 0.05) is 6.54 Å². The van der Waals surface area contributed by atoms with Crippen LogP contribution in [0.4, 0.5) is 13.2 Å². The molecule has 1 aromatic carbocycles. The highest BCUT2D eigenvalue weighted by Gasteiger charge is 2.33. The van der Waals surface area contributed by atoms with Crippen molar-refractivity contribution in [2.75, 3.05) is 11.0 Å². The molecule has 0 amide bonds. The topological polar surface area (TPSA) is 46.2 Å². The van der Waals surface area contributed by atoms with Crippen molar-refractivity contribution < 1.29 is 21.6 Å². The van der Waals surface area contributed by atoms with Crippen LogP contribution in [0.25, 0.3) is 0 Å². The molecule has 1 aromatic rings. The Hall–Kier alpha value is -0.350. The van der Waals surface area contributed by atoms with Gasteiger partial charge in [0.1, 0.15) is 0 Å². The number of rotatable bonds is 3. The molecule has 1 aliphatic heterocycles. The summed E-state index contributed by atoms with van der Waals surface area (Å²) in [7, 11) is -3.72. The molecule has 0 aromatic heterocycles. The number of halogens is 4. The average molecular weight is 433 g/mol. The summed E-state index contributed by atoms with van der Waals surface area (Å²) < 4.78 is 65.9. The highest BCUT2D eigenvalue weighted by atomic mass is 127. The summed E-state index contributed by atoms with van der Waals surface area (Å²) in [6.45, 7) is 0.273. The first-order valence-corrected chi connectivity index (χ1v) is 9.50. The van der Waals surface area contributed by atoms with E-state index in [9.17, 15) is 21.6 Å². The molecule has 1 atom stereocenters. The van der Waals surface area contributed by atoms with E-state index in [4.69, 9.17) is 0 Å². The van der Waals surface area contributed by atoms with E-state index in [0.717, 1.165) is 35.5 Å². The van der Waals surface area contributed by atoms with Gasteiger partial charge in [-0.05, 0) is 53.4 Å². The van der Waals surface area contributed by atoms with Crippen LogP contribution in [0, 0.1) is 5.92 Å². The Morgan fingerprint density at radius 3 is 2.67 bits per heavy atom. The van der Waals surface area contributed by atoms with Gasteiger partial charge >= 0.3 is 6.18 Å². The normalized spacial score (nSPS) is 21.6. The van der Waals surface area contributed by atoms with Crippen LogP contribution in [0.2, 0.25) is 0 Å². The third kappa shape index (κ3) is 4.10. The Labute approximate surface area is 135 Å². The predicted octanol–water partition coefficient (Wildman–Crippen LogP) is 3.37. The molecule has 1 heterocycles. The van der Waals surface area contributed by atoms with Crippen molar-refractivity contribution >= 4 is 32.6 Å².